The molecule has 0 aliphatic carbocycles. The zero-order chi connectivity index (χ0) is 10.8. The minimum absolute atomic E-state index is 0.304. The van der Waals surface area contributed by atoms with Crippen molar-refractivity contribution in [3.63, 3.8) is 0 Å². The molecule has 0 bridgehead atoms. The van der Waals surface area contributed by atoms with Crippen LogP contribution in [0.15, 0.2) is 30.3 Å². The Morgan fingerprint density at radius 3 is 2.87 bits per heavy atom. The van der Waals surface area contributed by atoms with E-state index in [0.29, 0.717) is 13.1 Å². The number of carbonyl (C=O) groups is 1. The van der Waals surface area contributed by atoms with E-state index in [-0.39, 0.29) is 5.82 Å². The lowest BCUT2D eigenvalue weighted by Crippen LogP contribution is -2.26. The van der Waals surface area contributed by atoms with Crippen LogP contribution in [-0.2, 0) is 0 Å². The second kappa shape index (κ2) is 3.73. The Hall–Kier alpha value is -1.84. The summed E-state index contributed by atoms with van der Waals surface area (Å²) in [4.78, 5) is 11.9. The van der Waals surface area contributed by atoms with E-state index in [1.54, 1.807) is 12.1 Å². The summed E-state index contributed by atoms with van der Waals surface area (Å²) < 4.78 is 12.9. The number of benzene rings is 1. The molecule has 0 spiro atoms. The molecule has 2 rings (SSSR count). The van der Waals surface area contributed by atoms with Crippen molar-refractivity contribution in [2.45, 2.75) is 0 Å². The second-order valence-corrected chi connectivity index (χ2v) is 3.40. The molecule has 1 heterocycles. The Morgan fingerprint density at radius 2 is 2.27 bits per heavy atom. The summed E-state index contributed by atoms with van der Waals surface area (Å²) >= 11 is 0. The van der Waals surface area contributed by atoms with Crippen molar-refractivity contribution in [2.24, 2.45) is 0 Å². The van der Waals surface area contributed by atoms with Gasteiger partial charge < -0.3 is 10.0 Å². The average Bonchev–Trinajstić information content (AvgIpc) is 2.66. The van der Waals surface area contributed by atoms with Gasteiger partial charge in [-0.05, 0) is 23.3 Å². The lowest BCUT2D eigenvalue weighted by molar-refractivity contribution is 0.158. The molecule has 1 aromatic rings. The largest absolute Gasteiger partial charge is 0.465 e. The summed E-state index contributed by atoms with van der Waals surface area (Å²) in [7, 11) is 0. The van der Waals surface area contributed by atoms with E-state index >= 15 is 0 Å². The molecule has 0 atom stereocenters. The fourth-order valence-corrected chi connectivity index (χ4v) is 1.60. The lowest BCUT2D eigenvalue weighted by atomic mass is 10.1. The maximum Gasteiger partial charge on any atom is 0.407 e. The monoisotopic (exact) mass is 207 g/mol. The van der Waals surface area contributed by atoms with Crippen LogP contribution in [0.3, 0.4) is 0 Å². The summed E-state index contributed by atoms with van der Waals surface area (Å²) in [6.45, 7) is 0.708. The first-order chi connectivity index (χ1) is 7.16. The highest BCUT2D eigenvalue weighted by Crippen LogP contribution is 2.21. The molecule has 1 aromatic carbocycles. The van der Waals surface area contributed by atoms with Gasteiger partial charge >= 0.3 is 6.09 Å². The van der Waals surface area contributed by atoms with Crippen LogP contribution in [0.1, 0.15) is 5.56 Å². The topological polar surface area (TPSA) is 40.5 Å². The quantitative estimate of drug-likeness (QED) is 0.766. The number of rotatable bonds is 1. The third-order valence-electron chi connectivity index (χ3n) is 2.39. The maximum absolute atomic E-state index is 12.9. The first-order valence-corrected chi connectivity index (χ1v) is 4.59. The summed E-state index contributed by atoms with van der Waals surface area (Å²) in [5.41, 5.74) is 1.61. The van der Waals surface area contributed by atoms with Gasteiger partial charge in [0.25, 0.3) is 0 Å². The van der Waals surface area contributed by atoms with E-state index in [9.17, 15) is 9.18 Å². The third kappa shape index (κ3) is 1.98. The molecule has 0 fully saturated rings. The SMILES string of the molecule is O=C(O)N1CC=C(c2cccc(F)c2)C1. The Balaban J connectivity index is 2.17. The Morgan fingerprint density at radius 1 is 1.47 bits per heavy atom. The van der Waals surface area contributed by atoms with Gasteiger partial charge in [0.1, 0.15) is 5.82 Å². The summed E-state index contributed by atoms with van der Waals surface area (Å²) in [6, 6.07) is 6.18. The van der Waals surface area contributed by atoms with Crippen molar-refractivity contribution in [1.29, 1.82) is 0 Å². The molecule has 78 valence electrons. The Bertz CT molecular complexity index is 428. The van der Waals surface area contributed by atoms with Crippen LogP contribution in [0.25, 0.3) is 5.57 Å². The van der Waals surface area contributed by atoms with E-state index in [4.69, 9.17) is 5.11 Å². The van der Waals surface area contributed by atoms with Gasteiger partial charge in [0.05, 0.1) is 0 Å². The highest BCUT2D eigenvalue weighted by Gasteiger charge is 2.19. The van der Waals surface area contributed by atoms with Gasteiger partial charge in [-0.15, -0.1) is 0 Å². The minimum atomic E-state index is -0.947. The first kappa shape index (κ1) is 9.71. The van der Waals surface area contributed by atoms with Gasteiger partial charge in [-0.2, -0.15) is 0 Å². The molecule has 4 heteroatoms. The predicted octanol–water partition coefficient (Wildman–Crippen LogP) is 2.20. The van der Waals surface area contributed by atoms with E-state index < -0.39 is 6.09 Å². The van der Waals surface area contributed by atoms with Crippen LogP contribution in [0, 0.1) is 5.82 Å². The van der Waals surface area contributed by atoms with Crippen molar-refractivity contribution in [2.75, 3.05) is 13.1 Å². The van der Waals surface area contributed by atoms with Gasteiger partial charge in [0.15, 0.2) is 0 Å². The van der Waals surface area contributed by atoms with Gasteiger partial charge in [-0.3, -0.25) is 0 Å². The number of carboxylic acid groups (broad SMARTS) is 1. The summed E-state index contributed by atoms with van der Waals surface area (Å²) in [5, 5.41) is 8.75. The highest BCUT2D eigenvalue weighted by atomic mass is 19.1. The number of amides is 1. The Kier molecular flexibility index (Phi) is 2.41. The normalized spacial score (nSPS) is 15.3. The zero-order valence-corrected chi connectivity index (χ0v) is 7.98. The average molecular weight is 207 g/mol. The van der Waals surface area contributed by atoms with Crippen LogP contribution in [0.4, 0.5) is 9.18 Å². The molecule has 1 aliphatic heterocycles. The second-order valence-electron chi connectivity index (χ2n) is 3.40. The van der Waals surface area contributed by atoms with Crippen molar-refractivity contribution < 1.29 is 14.3 Å². The number of nitrogens with zero attached hydrogens (tertiary/aromatic N) is 1. The van der Waals surface area contributed by atoms with Crippen LogP contribution in [0.2, 0.25) is 0 Å². The molecule has 0 radical (unpaired) electrons. The highest BCUT2D eigenvalue weighted by molar-refractivity contribution is 5.76. The van der Waals surface area contributed by atoms with Crippen LogP contribution >= 0.6 is 0 Å². The molecule has 1 N–H and O–H groups in total. The lowest BCUT2D eigenvalue weighted by Gasteiger charge is -2.11. The fraction of sp³-hybridized carbons (Fsp3) is 0.182. The van der Waals surface area contributed by atoms with Crippen LogP contribution < -0.4 is 0 Å². The number of hydrogen-bond acceptors (Lipinski definition) is 1. The fourth-order valence-electron chi connectivity index (χ4n) is 1.60. The molecule has 3 nitrogen and oxygen atoms in total. The van der Waals surface area contributed by atoms with Gasteiger partial charge in [-0.25, -0.2) is 9.18 Å². The zero-order valence-electron chi connectivity index (χ0n) is 7.98. The maximum atomic E-state index is 12.9. The third-order valence-corrected chi connectivity index (χ3v) is 2.39. The standard InChI is InChI=1S/C11H10FNO2/c12-10-3-1-2-8(6-10)9-4-5-13(7-9)11(14)15/h1-4,6H,5,7H2,(H,14,15). The van der Waals surface area contributed by atoms with Gasteiger partial charge in [0.2, 0.25) is 0 Å². The molecule has 0 saturated heterocycles. The van der Waals surface area contributed by atoms with Crippen molar-refractivity contribution in [1.82, 2.24) is 4.90 Å². The smallest absolute Gasteiger partial charge is 0.407 e. The van der Waals surface area contributed by atoms with E-state index in [1.807, 2.05) is 6.08 Å². The van der Waals surface area contributed by atoms with Crippen molar-refractivity contribution in [3.05, 3.63) is 41.7 Å². The van der Waals surface area contributed by atoms with Crippen molar-refractivity contribution >= 4 is 11.7 Å². The molecule has 15 heavy (non-hydrogen) atoms. The Labute approximate surface area is 86.4 Å². The molecule has 0 unspecified atom stereocenters. The number of hydrogen-bond donors (Lipinski definition) is 1. The summed E-state index contributed by atoms with van der Waals surface area (Å²) in [5.74, 6) is -0.304. The van der Waals surface area contributed by atoms with E-state index in [2.05, 4.69) is 0 Å². The predicted molar refractivity (Wildman–Crippen MR) is 54.0 cm³/mol. The van der Waals surface area contributed by atoms with Crippen LogP contribution in [-0.4, -0.2) is 29.2 Å². The molecule has 1 amide bonds. The van der Waals surface area contributed by atoms with Crippen molar-refractivity contribution in [3.8, 4) is 0 Å². The summed E-state index contributed by atoms with van der Waals surface area (Å²) in [6.07, 6.45) is 0.862. The van der Waals surface area contributed by atoms with E-state index in [0.717, 1.165) is 11.1 Å². The van der Waals surface area contributed by atoms with Crippen LogP contribution in [0.5, 0.6) is 0 Å². The number of halogens is 1. The molecular weight excluding hydrogens is 197 g/mol. The molecular formula is C11H10FNO2. The molecule has 1 aliphatic rings. The molecule has 0 aromatic heterocycles. The first-order valence-electron chi connectivity index (χ1n) is 4.59. The molecule has 0 saturated carbocycles. The van der Waals surface area contributed by atoms with E-state index in [1.165, 1.54) is 17.0 Å². The minimum Gasteiger partial charge on any atom is -0.465 e. The van der Waals surface area contributed by atoms with Gasteiger partial charge in [0, 0.05) is 13.1 Å². The van der Waals surface area contributed by atoms with Gasteiger partial charge in [-0.1, -0.05) is 18.2 Å².